The maximum absolute atomic E-state index is 10.1. The summed E-state index contributed by atoms with van der Waals surface area (Å²) in [5.41, 5.74) is 0. The molecule has 0 aromatic heterocycles. The van der Waals surface area contributed by atoms with Crippen LogP contribution in [-0.4, -0.2) is 114 Å². The summed E-state index contributed by atoms with van der Waals surface area (Å²) >= 11 is 0. The summed E-state index contributed by atoms with van der Waals surface area (Å²) in [6.07, 6.45) is 0.839. The smallest absolute Gasteiger partial charge is 0.303 e. The fourth-order valence-corrected chi connectivity index (χ4v) is 1.41. The van der Waals surface area contributed by atoms with Crippen molar-refractivity contribution in [2.75, 3.05) is 40.4 Å². The number of aliphatic hydroxyl groups excluding tert-OH is 4. The van der Waals surface area contributed by atoms with Gasteiger partial charge in [0.05, 0.1) is 19.6 Å². The first-order valence-electron chi connectivity index (χ1n) is 10.1. The predicted octanol–water partition coefficient (Wildman–Crippen LogP) is -1.89. The molecule has 8 N–H and O–H groups in total. The molecular weight excluding hydrogens is 766 g/mol. The molecule has 0 rings (SSSR count). The van der Waals surface area contributed by atoms with Gasteiger partial charge in [-0.1, -0.05) is 13.8 Å². The van der Waals surface area contributed by atoms with E-state index in [9.17, 15) is 9.59 Å². The van der Waals surface area contributed by atoms with Crippen molar-refractivity contribution in [3.05, 3.63) is 40.5 Å². The van der Waals surface area contributed by atoms with Gasteiger partial charge in [0.1, 0.15) is 13.6 Å². The molecule has 0 spiro atoms. The van der Waals surface area contributed by atoms with Gasteiger partial charge in [-0.05, 0) is 18.3 Å². The second-order valence-electron chi connectivity index (χ2n) is 6.18. The number of carboxylic acid groups (broad SMARTS) is 2. The number of hydrogen-bond acceptors (Lipinski definition) is 18. The van der Waals surface area contributed by atoms with Crippen molar-refractivity contribution in [1.29, 1.82) is 0 Å². The van der Waals surface area contributed by atoms with Crippen molar-refractivity contribution < 1.29 is 156 Å². The Labute approximate surface area is 291 Å². The van der Waals surface area contributed by atoms with Crippen LogP contribution in [0.5, 0.6) is 0 Å². The van der Waals surface area contributed by atoms with Crippen molar-refractivity contribution in [3.8, 4) is 0 Å². The zero-order chi connectivity index (χ0) is 33.8. The van der Waals surface area contributed by atoms with Gasteiger partial charge in [0.15, 0.2) is 13.6 Å². The summed E-state index contributed by atoms with van der Waals surface area (Å²) in [4.78, 5) is 61.5. The van der Waals surface area contributed by atoms with Gasteiger partial charge in [0.2, 0.25) is 0 Å². The second kappa shape index (κ2) is 49.4. The Kier molecular flexibility index (Phi) is 68.9. The first-order chi connectivity index (χ1) is 18.8. The molecule has 0 fully saturated rings. The molecule has 2 unspecified atom stereocenters. The molecule has 28 heteroatoms. The third-order valence-corrected chi connectivity index (χ3v) is 2.69. The van der Waals surface area contributed by atoms with E-state index in [1.807, 2.05) is 6.92 Å². The molecule has 2 radical (unpaired) electrons. The minimum Gasteiger partial charge on any atom is -0.481 e. The number of aliphatic hydroxyl groups is 4. The van der Waals surface area contributed by atoms with Crippen LogP contribution in [0.25, 0.3) is 0 Å². The van der Waals surface area contributed by atoms with Gasteiger partial charge >= 0.3 is 11.9 Å². The molecule has 0 aromatic carbocycles. The van der Waals surface area contributed by atoms with E-state index in [-0.39, 0.29) is 104 Å². The van der Waals surface area contributed by atoms with E-state index in [0.717, 1.165) is 0 Å². The van der Waals surface area contributed by atoms with Crippen molar-refractivity contribution in [2.45, 2.75) is 33.1 Å². The van der Waals surface area contributed by atoms with Crippen LogP contribution in [0.4, 0.5) is 0 Å². The van der Waals surface area contributed by atoms with Crippen LogP contribution in [0.1, 0.15) is 33.1 Å². The zero-order valence-corrected chi connectivity index (χ0v) is 28.4. The van der Waals surface area contributed by atoms with E-state index < -0.39 is 45.9 Å². The number of aliphatic carboxylic acids is 2. The van der Waals surface area contributed by atoms with Crippen LogP contribution < -0.4 is 0 Å². The summed E-state index contributed by atoms with van der Waals surface area (Å²) in [6, 6.07) is 0. The predicted molar refractivity (Wildman–Crippen MR) is 121 cm³/mol. The molecule has 0 amide bonds. The molecule has 0 saturated carbocycles. The average Bonchev–Trinajstić information content (AvgIpc) is 2.80. The fraction of sp³-hybridized carbons (Fsp3) is 0.867. The summed E-state index contributed by atoms with van der Waals surface area (Å²) < 4.78 is 9.28. The Morgan fingerprint density at radius 3 is 1.14 bits per heavy atom. The molecule has 2 atom stereocenters. The SMILES string of the molecule is CC(CCC(=O)O)COCO.CC(COCO)CC(=O)O.O=[N+]([O-])O.O=[N+]([O-])O.O=[N+]([O-])OCO.O=[N+]([O-])OCO.[Y].[Y]. The van der Waals surface area contributed by atoms with E-state index in [4.69, 9.17) is 86.2 Å². The summed E-state index contributed by atoms with van der Waals surface area (Å²) in [7, 11) is 0. The van der Waals surface area contributed by atoms with E-state index in [1.165, 1.54) is 0 Å². The second-order valence-corrected chi connectivity index (χ2v) is 6.18. The van der Waals surface area contributed by atoms with Crippen molar-refractivity contribution in [3.63, 3.8) is 0 Å². The zero-order valence-electron chi connectivity index (χ0n) is 22.8. The van der Waals surface area contributed by atoms with Gasteiger partial charge in [-0.3, -0.25) is 19.3 Å². The fourth-order valence-electron chi connectivity index (χ4n) is 1.41. The van der Waals surface area contributed by atoms with E-state index >= 15 is 0 Å². The Balaban J connectivity index is -0.0000000589. The third kappa shape index (κ3) is 132. The standard InChI is InChI=1S/C7H14O4.C6H12O4.2CH3NO4.2HNO3.2Y/c1-6(4-11-5-8)2-3-7(9)10;1-5(2-6(8)9)3-10-4-7;2*3-1-6-2(4)5;2*2-1(3)4;;/h6,8H,2-5H2,1H3,(H,9,10);5,7H,2-4H2,1H3,(H,8,9);2*3H,1H2;2*(H,2,3,4);;. The Morgan fingerprint density at radius 2 is 0.953 bits per heavy atom. The van der Waals surface area contributed by atoms with Crippen LogP contribution in [0.2, 0.25) is 0 Å². The minimum atomic E-state index is -1.50. The molecule has 0 aliphatic carbocycles. The molecule has 43 heavy (non-hydrogen) atoms. The third-order valence-electron chi connectivity index (χ3n) is 2.69. The molecule has 0 aliphatic rings. The number of ether oxygens (including phenoxy) is 2. The molecule has 252 valence electrons. The number of carboxylic acids is 2. The topological polar surface area (TPSA) is 405 Å². The molecule has 0 saturated heterocycles. The van der Waals surface area contributed by atoms with Gasteiger partial charge in [-0.15, -0.1) is 40.5 Å². The molecule has 26 nitrogen and oxygen atoms in total. The first-order valence-corrected chi connectivity index (χ1v) is 10.1. The molecule has 0 heterocycles. The number of rotatable bonds is 15. The van der Waals surface area contributed by atoms with E-state index in [2.05, 4.69) is 14.4 Å². The summed E-state index contributed by atoms with van der Waals surface area (Å²) in [6.45, 7) is 1.98. The van der Waals surface area contributed by atoms with Crippen LogP contribution in [0.3, 0.4) is 0 Å². The maximum atomic E-state index is 10.1. The molecular formula is C15H34N4O22Y2. The Hall–Kier alpha value is -2.29. The summed E-state index contributed by atoms with van der Waals surface area (Å²) in [5.74, 6) is -1.47. The van der Waals surface area contributed by atoms with Gasteiger partial charge in [0, 0.05) is 71.8 Å². The normalized spacial score (nSPS) is 9.53. The maximum Gasteiger partial charge on any atom is 0.303 e. The van der Waals surface area contributed by atoms with Gasteiger partial charge in [0.25, 0.3) is 20.3 Å². The quantitative estimate of drug-likeness (QED) is 0.0509. The van der Waals surface area contributed by atoms with Crippen LogP contribution >= 0.6 is 0 Å². The van der Waals surface area contributed by atoms with Crippen molar-refractivity contribution in [1.82, 2.24) is 0 Å². The van der Waals surface area contributed by atoms with Gasteiger partial charge < -0.3 is 50.5 Å². The van der Waals surface area contributed by atoms with Crippen LogP contribution in [-0.2, 0) is 94.2 Å². The molecule has 0 aliphatic heterocycles. The monoisotopic (exact) mass is 800 g/mol. The van der Waals surface area contributed by atoms with Crippen molar-refractivity contribution in [2.24, 2.45) is 11.8 Å². The Morgan fingerprint density at radius 1 is 0.651 bits per heavy atom. The number of nitrogens with zero attached hydrogens (tertiary/aromatic N) is 4. The Bertz CT molecular complexity index is 643. The number of carbonyl (C=O) groups is 2. The van der Waals surface area contributed by atoms with E-state index in [0.29, 0.717) is 19.6 Å². The largest absolute Gasteiger partial charge is 0.481 e. The van der Waals surface area contributed by atoms with Crippen LogP contribution in [0, 0.1) is 52.3 Å². The molecule has 0 aromatic rings. The summed E-state index contributed by atoms with van der Waals surface area (Å²) in [5, 5.41) is 91.3. The number of hydrogen-bond donors (Lipinski definition) is 8. The van der Waals surface area contributed by atoms with Gasteiger partial charge in [-0.2, -0.15) is 0 Å². The first kappa shape index (κ1) is 60.0. The van der Waals surface area contributed by atoms with Crippen LogP contribution in [0.15, 0.2) is 0 Å². The molecule has 0 bridgehead atoms. The van der Waals surface area contributed by atoms with Gasteiger partial charge in [-0.25, -0.2) is 0 Å². The van der Waals surface area contributed by atoms with Crippen molar-refractivity contribution >= 4 is 11.9 Å². The minimum absolute atomic E-state index is 0. The average molecular weight is 800 g/mol. The van der Waals surface area contributed by atoms with E-state index in [1.54, 1.807) is 6.92 Å².